The summed E-state index contributed by atoms with van der Waals surface area (Å²) in [6, 6.07) is 0. The topological polar surface area (TPSA) is 60.7 Å². The van der Waals surface area contributed by atoms with Crippen molar-refractivity contribution in [1.82, 2.24) is 0 Å². The average molecular weight is 384 g/mol. The summed E-state index contributed by atoms with van der Waals surface area (Å²) in [4.78, 5) is 0. The van der Waals surface area contributed by atoms with Gasteiger partial charge in [-0.1, -0.05) is 13.3 Å². The van der Waals surface area contributed by atoms with Gasteiger partial charge >= 0.3 is 5.97 Å². The third-order valence-corrected chi connectivity index (χ3v) is 4.49. The molecule has 0 aromatic heterocycles. The number of allylic oxidation sites excluding steroid dienone is 1. The van der Waals surface area contributed by atoms with Gasteiger partial charge in [0.05, 0.1) is 3.58 Å². The minimum absolute atomic E-state index is 0.178. The van der Waals surface area contributed by atoms with Crippen LogP contribution in [0.5, 0.6) is 0 Å². The fraction of sp³-hybridized carbons (Fsp3) is 0.667. The van der Waals surface area contributed by atoms with E-state index >= 15 is 0 Å². The Morgan fingerprint density at radius 2 is 1.73 bits per heavy atom. The number of rotatable bonds is 3. The van der Waals surface area contributed by atoms with Crippen molar-refractivity contribution in [3.8, 4) is 0 Å². The van der Waals surface area contributed by atoms with E-state index in [0.717, 1.165) is 16.4 Å². The van der Waals surface area contributed by atoms with Gasteiger partial charge in [-0.15, -0.1) is 0 Å². The summed E-state index contributed by atoms with van der Waals surface area (Å²) in [5.74, 6) is -2.66. The highest BCUT2D eigenvalue weighted by Gasteiger charge is 2.25. The molecule has 3 N–H and O–H groups in total. The first-order chi connectivity index (χ1) is 4.89. The summed E-state index contributed by atoms with van der Waals surface area (Å²) in [6.07, 6.45) is 1.67. The fourth-order valence-corrected chi connectivity index (χ4v) is 1.68. The second-order valence-corrected chi connectivity index (χ2v) is 4.49. The smallest absolute Gasteiger partial charge is 0.311 e. The van der Waals surface area contributed by atoms with Crippen molar-refractivity contribution < 1.29 is 15.3 Å². The van der Waals surface area contributed by atoms with Gasteiger partial charge in [-0.3, -0.25) is 0 Å². The van der Waals surface area contributed by atoms with Gasteiger partial charge in [-0.2, -0.15) is 0 Å². The number of halogens is 2. The molecule has 0 spiro atoms. The van der Waals surface area contributed by atoms with Crippen molar-refractivity contribution in [3.63, 3.8) is 0 Å². The van der Waals surface area contributed by atoms with Crippen LogP contribution in [0.2, 0.25) is 0 Å². The Morgan fingerprint density at radius 1 is 1.27 bits per heavy atom. The van der Waals surface area contributed by atoms with Gasteiger partial charge in [0.25, 0.3) is 0 Å². The van der Waals surface area contributed by atoms with E-state index in [-0.39, 0.29) is 3.58 Å². The van der Waals surface area contributed by atoms with Crippen LogP contribution in [0.3, 0.4) is 0 Å². The lowest BCUT2D eigenvalue weighted by atomic mass is 10.3. The molecule has 11 heavy (non-hydrogen) atoms. The lowest BCUT2D eigenvalue weighted by Gasteiger charge is -2.14. The molecule has 0 heterocycles. The molecule has 0 aliphatic carbocycles. The second-order valence-electron chi connectivity index (χ2n) is 2.10. The summed E-state index contributed by atoms with van der Waals surface area (Å²) < 4.78 is 0.954. The minimum Gasteiger partial charge on any atom is -0.339 e. The maximum absolute atomic E-state index is 8.72. The van der Waals surface area contributed by atoms with Gasteiger partial charge in [-0.25, -0.2) is 0 Å². The first-order valence-electron chi connectivity index (χ1n) is 3.11. The van der Waals surface area contributed by atoms with Crippen LogP contribution in [0.4, 0.5) is 0 Å². The quantitative estimate of drug-likeness (QED) is 0.511. The third kappa shape index (κ3) is 4.61. The first kappa shape index (κ1) is 12.1. The molecular weight excluding hydrogens is 374 g/mol. The molecule has 0 aromatic rings. The maximum Gasteiger partial charge on any atom is 0.311 e. The van der Waals surface area contributed by atoms with Gasteiger partial charge < -0.3 is 15.3 Å². The van der Waals surface area contributed by atoms with E-state index in [1.807, 2.05) is 29.5 Å². The van der Waals surface area contributed by atoms with Crippen LogP contribution in [-0.4, -0.2) is 21.3 Å². The summed E-state index contributed by atoms with van der Waals surface area (Å²) in [6.45, 7) is 1.98. The first-order valence-corrected chi connectivity index (χ1v) is 5.27. The second kappa shape index (κ2) is 4.95. The largest absolute Gasteiger partial charge is 0.339 e. The summed E-state index contributed by atoms with van der Waals surface area (Å²) in [5.41, 5.74) is 0. The summed E-state index contributed by atoms with van der Waals surface area (Å²) >= 11 is 3.70. The van der Waals surface area contributed by atoms with Crippen molar-refractivity contribution in [3.05, 3.63) is 7.16 Å². The Labute approximate surface area is 92.8 Å². The standard InChI is InChI=1S/C6H10I2O3/c1-2-3-4(7)5(8)6(9,10)11/h9-11H,2-3H2,1H3/b5-4+. The predicted molar refractivity (Wildman–Crippen MR) is 59.4 cm³/mol. The van der Waals surface area contributed by atoms with Gasteiger partial charge in [0.15, 0.2) is 0 Å². The maximum atomic E-state index is 8.72. The van der Waals surface area contributed by atoms with Crippen molar-refractivity contribution in [2.24, 2.45) is 0 Å². The molecule has 3 nitrogen and oxygen atoms in total. The van der Waals surface area contributed by atoms with Crippen LogP contribution in [0, 0.1) is 0 Å². The highest BCUT2D eigenvalue weighted by Crippen LogP contribution is 2.29. The third-order valence-electron chi connectivity index (χ3n) is 1.00. The molecule has 0 aliphatic heterocycles. The van der Waals surface area contributed by atoms with E-state index in [4.69, 9.17) is 15.3 Å². The predicted octanol–water partition coefficient (Wildman–Crippen LogP) is 1.50. The number of aliphatic hydroxyl groups is 3. The summed E-state index contributed by atoms with van der Waals surface area (Å²) in [7, 11) is 0. The molecule has 66 valence electrons. The van der Waals surface area contributed by atoms with Crippen molar-refractivity contribution in [2.75, 3.05) is 0 Å². The Bertz CT molecular complexity index is 160. The molecule has 5 heteroatoms. The zero-order chi connectivity index (χ0) is 9.07. The highest BCUT2D eigenvalue weighted by atomic mass is 127. The van der Waals surface area contributed by atoms with Crippen molar-refractivity contribution in [2.45, 2.75) is 25.7 Å². The number of hydrogen-bond donors (Lipinski definition) is 3. The Balaban J connectivity index is 4.39. The SMILES string of the molecule is CCC/C(I)=C(\I)C(O)(O)O. The zero-order valence-corrected chi connectivity index (χ0v) is 10.3. The molecule has 0 aliphatic rings. The molecule has 0 fully saturated rings. The van der Waals surface area contributed by atoms with Crippen LogP contribution < -0.4 is 0 Å². The molecule has 0 unspecified atom stereocenters. The molecule has 0 aromatic carbocycles. The lowest BCUT2D eigenvalue weighted by molar-refractivity contribution is -0.275. The van der Waals surface area contributed by atoms with Gasteiger partial charge in [0.1, 0.15) is 0 Å². The van der Waals surface area contributed by atoms with E-state index < -0.39 is 5.97 Å². The van der Waals surface area contributed by atoms with Gasteiger partial charge in [0, 0.05) is 3.58 Å². The Hall–Kier alpha value is 1.08. The van der Waals surface area contributed by atoms with E-state index in [1.54, 1.807) is 22.6 Å². The molecule has 0 bridgehead atoms. The molecule has 0 radical (unpaired) electrons. The Morgan fingerprint density at radius 3 is 2.00 bits per heavy atom. The molecule has 0 saturated carbocycles. The molecule has 0 amide bonds. The van der Waals surface area contributed by atoms with E-state index in [9.17, 15) is 0 Å². The number of hydrogen-bond acceptors (Lipinski definition) is 3. The normalized spacial score (nSPS) is 14.7. The van der Waals surface area contributed by atoms with Crippen LogP contribution >= 0.6 is 45.2 Å². The van der Waals surface area contributed by atoms with Crippen LogP contribution in [-0.2, 0) is 0 Å². The van der Waals surface area contributed by atoms with Crippen molar-refractivity contribution in [1.29, 1.82) is 0 Å². The fourth-order valence-electron chi connectivity index (χ4n) is 0.511. The molecular formula is C6H10I2O3. The van der Waals surface area contributed by atoms with E-state index in [2.05, 4.69) is 0 Å². The van der Waals surface area contributed by atoms with Crippen LogP contribution in [0.25, 0.3) is 0 Å². The van der Waals surface area contributed by atoms with E-state index in [0.29, 0.717) is 0 Å². The summed E-state index contributed by atoms with van der Waals surface area (Å²) in [5, 5.41) is 26.2. The van der Waals surface area contributed by atoms with Crippen LogP contribution in [0.15, 0.2) is 7.16 Å². The lowest BCUT2D eigenvalue weighted by Crippen LogP contribution is -2.27. The van der Waals surface area contributed by atoms with Crippen molar-refractivity contribution >= 4 is 45.2 Å². The van der Waals surface area contributed by atoms with Crippen LogP contribution in [0.1, 0.15) is 19.8 Å². The van der Waals surface area contributed by atoms with Gasteiger partial charge in [0.2, 0.25) is 0 Å². The highest BCUT2D eigenvalue weighted by molar-refractivity contribution is 14.1. The molecule has 0 saturated heterocycles. The zero-order valence-electron chi connectivity index (χ0n) is 6.01. The Kier molecular flexibility index (Phi) is 5.44. The average Bonchev–Trinajstić information content (AvgIpc) is 1.85. The molecule has 0 atom stereocenters. The minimum atomic E-state index is -2.66. The monoisotopic (exact) mass is 384 g/mol. The van der Waals surface area contributed by atoms with E-state index in [1.165, 1.54) is 0 Å². The molecule has 0 rings (SSSR count). The van der Waals surface area contributed by atoms with Gasteiger partial charge in [-0.05, 0) is 51.6 Å².